The van der Waals surface area contributed by atoms with Gasteiger partial charge < -0.3 is 14.2 Å². The van der Waals surface area contributed by atoms with Crippen molar-refractivity contribution in [3.63, 3.8) is 0 Å². The zero-order valence-electron chi connectivity index (χ0n) is 48.1. The number of unbranched alkanes of at least 4 members (excludes halogenated alkanes) is 23. The maximum absolute atomic E-state index is 12.9. The lowest BCUT2D eigenvalue weighted by atomic mass is 10.1. The van der Waals surface area contributed by atoms with Gasteiger partial charge in [0.2, 0.25) is 0 Å². The Bertz CT molecular complexity index is 1550. The molecule has 74 heavy (non-hydrogen) atoms. The molecule has 1 unspecified atom stereocenters. The first kappa shape index (κ1) is 69.8. The highest BCUT2D eigenvalue weighted by molar-refractivity contribution is 5.71. The fraction of sp³-hybridized carbons (Fsp3) is 0.662. The maximum Gasteiger partial charge on any atom is 0.306 e. The number of hydrogen-bond acceptors (Lipinski definition) is 6. The van der Waals surface area contributed by atoms with Crippen LogP contribution in [0.15, 0.2) is 122 Å². The molecule has 0 aromatic carbocycles. The van der Waals surface area contributed by atoms with Crippen LogP contribution in [0.4, 0.5) is 0 Å². The van der Waals surface area contributed by atoms with Crippen LogP contribution in [0.5, 0.6) is 0 Å². The summed E-state index contributed by atoms with van der Waals surface area (Å²) in [4.78, 5) is 38.3. The molecule has 0 heterocycles. The highest BCUT2D eigenvalue weighted by Crippen LogP contribution is 2.15. The van der Waals surface area contributed by atoms with E-state index in [-0.39, 0.29) is 31.1 Å². The molecule has 0 saturated heterocycles. The van der Waals surface area contributed by atoms with E-state index in [1.165, 1.54) is 83.5 Å². The van der Waals surface area contributed by atoms with Crippen LogP contribution in [-0.2, 0) is 28.6 Å². The fourth-order valence-corrected chi connectivity index (χ4v) is 8.16. The topological polar surface area (TPSA) is 78.9 Å². The first-order valence-corrected chi connectivity index (χ1v) is 30.5. The molecule has 0 fully saturated rings. The molecule has 0 radical (unpaired) electrons. The SMILES string of the molecule is CC/C=C\C/C=C\C/C=C\C/C=C\C/C=C\CCCCCCCC(=O)OCC(COC(=O)CCCCCCC/C=C\CCCCCCC)OC(=O)CCCCCCCCCC/C=C\C/C=C\C/C=C\C/C=C\CC. The Morgan fingerprint density at radius 1 is 0.284 bits per heavy atom. The Kier molecular flexibility index (Phi) is 57.9. The number of carbonyl (C=O) groups excluding carboxylic acids is 3. The van der Waals surface area contributed by atoms with E-state index < -0.39 is 6.10 Å². The van der Waals surface area contributed by atoms with Crippen LogP contribution in [0.25, 0.3) is 0 Å². The molecular formula is C68H112O6. The molecule has 0 aliphatic heterocycles. The Balaban J connectivity index is 4.45. The van der Waals surface area contributed by atoms with Crippen molar-refractivity contribution in [2.24, 2.45) is 0 Å². The van der Waals surface area contributed by atoms with E-state index in [4.69, 9.17) is 14.2 Å². The predicted molar refractivity (Wildman–Crippen MR) is 320 cm³/mol. The minimum atomic E-state index is -0.799. The van der Waals surface area contributed by atoms with Crippen LogP contribution in [0, 0.1) is 0 Å². The predicted octanol–water partition coefficient (Wildman–Crippen LogP) is 20.8. The summed E-state index contributed by atoms with van der Waals surface area (Å²) in [5.41, 5.74) is 0. The second-order valence-electron chi connectivity index (χ2n) is 19.8. The summed E-state index contributed by atoms with van der Waals surface area (Å²) < 4.78 is 16.9. The average molecular weight is 1030 g/mol. The molecule has 0 spiro atoms. The smallest absolute Gasteiger partial charge is 0.306 e. The number of carbonyl (C=O) groups is 3. The van der Waals surface area contributed by atoms with E-state index >= 15 is 0 Å². The summed E-state index contributed by atoms with van der Waals surface area (Å²) in [7, 11) is 0. The second-order valence-corrected chi connectivity index (χ2v) is 19.8. The van der Waals surface area contributed by atoms with Gasteiger partial charge in [-0.15, -0.1) is 0 Å². The van der Waals surface area contributed by atoms with Gasteiger partial charge in [-0.05, 0) is 128 Å². The third-order valence-corrected chi connectivity index (χ3v) is 12.7. The summed E-state index contributed by atoms with van der Waals surface area (Å²) in [6.07, 6.45) is 84.7. The first-order valence-electron chi connectivity index (χ1n) is 30.5. The van der Waals surface area contributed by atoms with Crippen molar-refractivity contribution in [1.29, 1.82) is 0 Å². The Morgan fingerprint density at radius 2 is 0.527 bits per heavy atom. The lowest BCUT2D eigenvalue weighted by molar-refractivity contribution is -0.167. The van der Waals surface area contributed by atoms with E-state index in [0.29, 0.717) is 19.3 Å². The van der Waals surface area contributed by atoms with E-state index in [1.807, 2.05) is 0 Å². The zero-order valence-corrected chi connectivity index (χ0v) is 48.1. The van der Waals surface area contributed by atoms with Crippen molar-refractivity contribution in [3.8, 4) is 0 Å². The van der Waals surface area contributed by atoms with Gasteiger partial charge in [0, 0.05) is 19.3 Å². The van der Waals surface area contributed by atoms with Crippen LogP contribution in [-0.4, -0.2) is 37.2 Å². The summed E-state index contributed by atoms with van der Waals surface area (Å²) >= 11 is 0. The molecule has 420 valence electrons. The monoisotopic (exact) mass is 1020 g/mol. The van der Waals surface area contributed by atoms with Crippen molar-refractivity contribution < 1.29 is 28.6 Å². The molecule has 0 aliphatic rings. The third kappa shape index (κ3) is 58.7. The molecule has 0 bridgehead atoms. The minimum absolute atomic E-state index is 0.0943. The van der Waals surface area contributed by atoms with Crippen LogP contribution in [0.3, 0.4) is 0 Å². The molecule has 0 saturated carbocycles. The molecule has 0 N–H and O–H groups in total. The molecule has 6 heteroatoms. The van der Waals surface area contributed by atoms with Crippen LogP contribution >= 0.6 is 0 Å². The molecule has 6 nitrogen and oxygen atoms in total. The van der Waals surface area contributed by atoms with Gasteiger partial charge in [0.15, 0.2) is 6.10 Å². The summed E-state index contributed by atoms with van der Waals surface area (Å²) in [6.45, 7) is 6.38. The Labute approximate surface area is 456 Å². The number of hydrogen-bond donors (Lipinski definition) is 0. The van der Waals surface area contributed by atoms with Gasteiger partial charge in [0.05, 0.1) is 0 Å². The lowest BCUT2D eigenvalue weighted by Gasteiger charge is -2.18. The molecule has 0 rings (SSSR count). The van der Waals surface area contributed by atoms with E-state index in [1.54, 1.807) is 0 Å². The van der Waals surface area contributed by atoms with E-state index in [9.17, 15) is 14.4 Å². The van der Waals surface area contributed by atoms with Crippen molar-refractivity contribution in [2.75, 3.05) is 13.2 Å². The Hall–Kier alpha value is -4.19. The van der Waals surface area contributed by atoms with Crippen molar-refractivity contribution in [1.82, 2.24) is 0 Å². The number of esters is 3. The van der Waals surface area contributed by atoms with Crippen LogP contribution in [0.2, 0.25) is 0 Å². The van der Waals surface area contributed by atoms with Gasteiger partial charge in [-0.1, -0.05) is 245 Å². The normalized spacial score (nSPS) is 13.0. The molecule has 0 aromatic heterocycles. The largest absolute Gasteiger partial charge is 0.462 e. The standard InChI is InChI=1S/C68H112O6/c1-4-7-10-13-16-19-22-25-28-30-32-34-36-38-40-43-46-49-52-55-58-61-67(70)73-64-65(63-72-66(69)60-57-54-51-48-45-42-27-24-21-18-15-12-9-6-3)74-68(71)62-59-56-53-50-47-44-41-39-37-35-33-31-29-26-23-20-17-14-11-8-5-2/h7-8,10-11,16-17,19-20,24-29,32-35,38,40,65H,4-6,9,12-15,18,21-23,30-31,36-37,39,41-64H2,1-3H3/b10-7-,11-8-,19-16-,20-17-,27-24-,28-25-,29-26-,34-32-,35-33-,40-38-. The molecular weight excluding hydrogens is 913 g/mol. The summed E-state index contributed by atoms with van der Waals surface area (Å²) in [6, 6.07) is 0. The Morgan fingerprint density at radius 3 is 0.838 bits per heavy atom. The molecule has 0 aromatic rings. The van der Waals surface area contributed by atoms with Crippen LogP contribution < -0.4 is 0 Å². The first-order chi connectivity index (χ1) is 36.5. The number of rotatable bonds is 54. The molecule has 0 aliphatic carbocycles. The lowest BCUT2D eigenvalue weighted by Crippen LogP contribution is -2.30. The highest BCUT2D eigenvalue weighted by Gasteiger charge is 2.19. The van der Waals surface area contributed by atoms with Crippen molar-refractivity contribution in [2.45, 2.75) is 277 Å². The van der Waals surface area contributed by atoms with Gasteiger partial charge in [-0.3, -0.25) is 14.4 Å². The van der Waals surface area contributed by atoms with Gasteiger partial charge in [-0.2, -0.15) is 0 Å². The van der Waals surface area contributed by atoms with E-state index in [2.05, 4.69) is 142 Å². The highest BCUT2D eigenvalue weighted by atomic mass is 16.6. The average Bonchev–Trinajstić information content (AvgIpc) is 3.40. The van der Waals surface area contributed by atoms with E-state index in [0.717, 1.165) is 148 Å². The second kappa shape index (κ2) is 61.4. The van der Waals surface area contributed by atoms with Gasteiger partial charge in [0.1, 0.15) is 13.2 Å². The van der Waals surface area contributed by atoms with Gasteiger partial charge in [-0.25, -0.2) is 0 Å². The van der Waals surface area contributed by atoms with Crippen molar-refractivity contribution >= 4 is 17.9 Å². The number of allylic oxidation sites excluding steroid dienone is 20. The zero-order chi connectivity index (χ0) is 53.6. The third-order valence-electron chi connectivity index (χ3n) is 12.7. The van der Waals surface area contributed by atoms with Gasteiger partial charge >= 0.3 is 17.9 Å². The minimum Gasteiger partial charge on any atom is -0.462 e. The molecule has 0 amide bonds. The molecule has 1 atom stereocenters. The van der Waals surface area contributed by atoms with Crippen LogP contribution in [0.1, 0.15) is 271 Å². The van der Waals surface area contributed by atoms with Gasteiger partial charge in [0.25, 0.3) is 0 Å². The number of ether oxygens (including phenoxy) is 3. The summed E-state index contributed by atoms with van der Waals surface area (Å²) in [5.74, 6) is -0.927. The van der Waals surface area contributed by atoms with Crippen molar-refractivity contribution in [3.05, 3.63) is 122 Å². The summed E-state index contributed by atoms with van der Waals surface area (Å²) in [5, 5.41) is 0. The quantitative estimate of drug-likeness (QED) is 0.0261. The fourth-order valence-electron chi connectivity index (χ4n) is 8.16. The maximum atomic E-state index is 12.9.